The van der Waals surface area contributed by atoms with Gasteiger partial charge in [-0.25, -0.2) is 9.97 Å². The molecule has 1 atom stereocenters. The summed E-state index contributed by atoms with van der Waals surface area (Å²) in [7, 11) is 0. The summed E-state index contributed by atoms with van der Waals surface area (Å²) in [6, 6.07) is 8.09. The van der Waals surface area contributed by atoms with Gasteiger partial charge in [-0.2, -0.15) is 0 Å². The van der Waals surface area contributed by atoms with Gasteiger partial charge in [-0.15, -0.1) is 11.3 Å². The molecule has 138 valence electrons. The number of aromatic nitrogens is 3. The van der Waals surface area contributed by atoms with Gasteiger partial charge < -0.3 is 10.6 Å². The first-order valence-corrected chi connectivity index (χ1v) is 9.81. The first kappa shape index (κ1) is 16.8. The molecular formula is C21H17N5OS. The minimum absolute atomic E-state index is 0.0251. The van der Waals surface area contributed by atoms with Gasteiger partial charge in [0, 0.05) is 28.1 Å². The molecule has 0 saturated heterocycles. The Kier molecular flexibility index (Phi) is 3.84. The average Bonchev–Trinajstić information content (AvgIpc) is 3.04. The van der Waals surface area contributed by atoms with Crippen LogP contribution in [-0.4, -0.2) is 33.4 Å². The van der Waals surface area contributed by atoms with E-state index in [4.69, 9.17) is 4.98 Å². The molecule has 28 heavy (non-hydrogen) atoms. The number of carbonyl (C=O) groups excluding carboxylic acids is 1. The maximum Gasteiger partial charge on any atom is 0.263 e. The van der Waals surface area contributed by atoms with E-state index in [9.17, 15) is 4.79 Å². The number of benzene rings is 1. The van der Waals surface area contributed by atoms with E-state index in [1.165, 1.54) is 11.3 Å². The standard InChI is InChI=1S/C21H17N5OS/c1-3-12-9-22-10-16(25-12)15-5-4-13-14(26-15)6-7-17-18(13)19-20(28-17)21(27)24-11(2)8-23-19/h3-7,9-11,23H,1,8H2,2H3,(H,24,27)/t11-/m1/s1. The molecule has 1 aromatic carbocycles. The number of nitrogens with zero attached hydrogens (tertiary/aromatic N) is 3. The van der Waals surface area contributed by atoms with Gasteiger partial charge >= 0.3 is 0 Å². The number of hydrogen-bond donors (Lipinski definition) is 2. The third kappa shape index (κ3) is 2.63. The molecule has 4 aromatic rings. The summed E-state index contributed by atoms with van der Waals surface area (Å²) in [4.78, 5) is 26.8. The molecule has 0 aliphatic carbocycles. The van der Waals surface area contributed by atoms with Crippen LogP contribution in [0.4, 0.5) is 5.69 Å². The number of nitrogens with one attached hydrogen (secondary N) is 2. The Labute approximate surface area is 165 Å². The van der Waals surface area contributed by atoms with E-state index >= 15 is 0 Å². The van der Waals surface area contributed by atoms with Crippen molar-refractivity contribution in [2.24, 2.45) is 0 Å². The number of amides is 1. The quantitative estimate of drug-likeness (QED) is 0.541. The fourth-order valence-corrected chi connectivity index (χ4v) is 4.57. The third-order valence-corrected chi connectivity index (χ3v) is 5.97. The van der Waals surface area contributed by atoms with E-state index in [0.717, 1.165) is 37.2 Å². The summed E-state index contributed by atoms with van der Waals surface area (Å²) in [6.07, 6.45) is 5.03. The van der Waals surface area contributed by atoms with Gasteiger partial charge in [-0.3, -0.25) is 9.78 Å². The minimum Gasteiger partial charge on any atom is -0.381 e. The van der Waals surface area contributed by atoms with Crippen molar-refractivity contribution in [1.82, 2.24) is 20.3 Å². The van der Waals surface area contributed by atoms with Crippen LogP contribution in [-0.2, 0) is 0 Å². The molecule has 0 fully saturated rings. The van der Waals surface area contributed by atoms with Crippen LogP contribution in [0.5, 0.6) is 0 Å². The molecule has 6 nitrogen and oxygen atoms in total. The van der Waals surface area contributed by atoms with Crippen LogP contribution in [0.15, 0.2) is 43.2 Å². The van der Waals surface area contributed by atoms with Gasteiger partial charge in [0.15, 0.2) is 0 Å². The predicted octanol–water partition coefficient (Wildman–Crippen LogP) is 4.09. The van der Waals surface area contributed by atoms with Crippen LogP contribution in [0.25, 0.3) is 38.5 Å². The first-order chi connectivity index (χ1) is 13.6. The smallest absolute Gasteiger partial charge is 0.263 e. The van der Waals surface area contributed by atoms with Crippen LogP contribution in [0, 0.1) is 0 Å². The van der Waals surface area contributed by atoms with Crippen molar-refractivity contribution in [1.29, 1.82) is 0 Å². The molecule has 7 heteroatoms. The number of hydrogen-bond acceptors (Lipinski definition) is 6. The summed E-state index contributed by atoms with van der Waals surface area (Å²) in [6.45, 7) is 6.43. The lowest BCUT2D eigenvalue weighted by molar-refractivity contribution is 0.0949. The zero-order valence-corrected chi connectivity index (χ0v) is 16.0. The van der Waals surface area contributed by atoms with E-state index in [1.54, 1.807) is 18.5 Å². The second-order valence-corrected chi connectivity index (χ2v) is 7.85. The van der Waals surface area contributed by atoms with Crippen molar-refractivity contribution >= 4 is 50.0 Å². The lowest BCUT2D eigenvalue weighted by atomic mass is 10.1. The fourth-order valence-electron chi connectivity index (χ4n) is 3.47. The summed E-state index contributed by atoms with van der Waals surface area (Å²) in [5, 5.41) is 8.53. The van der Waals surface area contributed by atoms with Gasteiger partial charge in [-0.1, -0.05) is 6.58 Å². The highest BCUT2D eigenvalue weighted by Crippen LogP contribution is 2.41. The molecule has 2 N–H and O–H groups in total. The van der Waals surface area contributed by atoms with Crippen molar-refractivity contribution < 1.29 is 4.79 Å². The summed E-state index contributed by atoms with van der Waals surface area (Å²) in [5.74, 6) is -0.0251. The Morgan fingerprint density at radius 3 is 2.93 bits per heavy atom. The third-order valence-electron chi connectivity index (χ3n) is 4.82. The van der Waals surface area contributed by atoms with Crippen molar-refractivity contribution in [3.63, 3.8) is 0 Å². The Balaban J connectivity index is 1.71. The molecule has 1 aliphatic rings. The van der Waals surface area contributed by atoms with Crippen LogP contribution in [0.3, 0.4) is 0 Å². The van der Waals surface area contributed by atoms with Gasteiger partial charge in [-0.05, 0) is 37.3 Å². The second kappa shape index (κ2) is 6.38. The molecule has 4 heterocycles. The Hall–Kier alpha value is -3.32. The number of pyridine rings is 1. The van der Waals surface area contributed by atoms with Crippen molar-refractivity contribution in [3.05, 3.63) is 53.8 Å². The van der Waals surface area contributed by atoms with E-state index in [1.807, 2.05) is 31.2 Å². The monoisotopic (exact) mass is 387 g/mol. The molecule has 1 amide bonds. The average molecular weight is 387 g/mol. The van der Waals surface area contributed by atoms with E-state index < -0.39 is 0 Å². The van der Waals surface area contributed by atoms with Gasteiger partial charge in [0.05, 0.1) is 35.0 Å². The molecule has 0 saturated carbocycles. The molecule has 0 unspecified atom stereocenters. The second-order valence-electron chi connectivity index (χ2n) is 6.80. The SMILES string of the molecule is C=Cc1cncc(-c2ccc3c(ccc4sc5c(c43)NC[C@@H](C)NC5=O)n2)n1. The van der Waals surface area contributed by atoms with Gasteiger partial charge in [0.25, 0.3) is 5.91 Å². The van der Waals surface area contributed by atoms with Crippen molar-refractivity contribution in [2.75, 3.05) is 11.9 Å². The van der Waals surface area contributed by atoms with Crippen LogP contribution in [0.1, 0.15) is 22.3 Å². The Bertz CT molecular complexity index is 1260. The van der Waals surface area contributed by atoms with E-state index in [-0.39, 0.29) is 11.9 Å². The summed E-state index contributed by atoms with van der Waals surface area (Å²) >= 11 is 1.51. The summed E-state index contributed by atoms with van der Waals surface area (Å²) < 4.78 is 1.07. The highest BCUT2D eigenvalue weighted by Gasteiger charge is 2.24. The van der Waals surface area contributed by atoms with Crippen LogP contribution >= 0.6 is 11.3 Å². The normalized spacial score (nSPS) is 16.3. The van der Waals surface area contributed by atoms with Crippen molar-refractivity contribution in [2.45, 2.75) is 13.0 Å². The highest BCUT2D eigenvalue weighted by molar-refractivity contribution is 7.21. The predicted molar refractivity (Wildman–Crippen MR) is 114 cm³/mol. The number of carbonyl (C=O) groups is 1. The van der Waals surface area contributed by atoms with Crippen LogP contribution in [0.2, 0.25) is 0 Å². The Morgan fingerprint density at radius 1 is 1.18 bits per heavy atom. The molecule has 3 aromatic heterocycles. The zero-order valence-electron chi connectivity index (χ0n) is 15.2. The zero-order chi connectivity index (χ0) is 19.3. The Morgan fingerprint density at radius 2 is 2.07 bits per heavy atom. The molecule has 0 radical (unpaired) electrons. The van der Waals surface area contributed by atoms with Gasteiger partial charge in [0.2, 0.25) is 0 Å². The fraction of sp³-hybridized carbons (Fsp3) is 0.143. The maximum atomic E-state index is 12.5. The molecular weight excluding hydrogens is 370 g/mol. The molecule has 0 bridgehead atoms. The number of anilines is 1. The lowest BCUT2D eigenvalue weighted by Crippen LogP contribution is -2.34. The number of thiophene rings is 1. The number of rotatable bonds is 2. The van der Waals surface area contributed by atoms with Crippen LogP contribution < -0.4 is 10.6 Å². The summed E-state index contributed by atoms with van der Waals surface area (Å²) in [5.41, 5.74) is 3.92. The minimum atomic E-state index is -0.0251. The topological polar surface area (TPSA) is 79.8 Å². The number of fused-ring (bicyclic) bond motifs is 5. The largest absolute Gasteiger partial charge is 0.381 e. The van der Waals surface area contributed by atoms with Crippen molar-refractivity contribution in [3.8, 4) is 11.4 Å². The first-order valence-electron chi connectivity index (χ1n) is 9.00. The molecule has 5 rings (SSSR count). The maximum absolute atomic E-state index is 12.5. The molecule has 1 aliphatic heterocycles. The van der Waals surface area contributed by atoms with Gasteiger partial charge in [0.1, 0.15) is 10.6 Å². The lowest BCUT2D eigenvalue weighted by Gasteiger charge is -2.10. The highest BCUT2D eigenvalue weighted by atomic mass is 32.1. The molecule has 0 spiro atoms. The van der Waals surface area contributed by atoms with E-state index in [0.29, 0.717) is 17.9 Å². The van der Waals surface area contributed by atoms with E-state index in [2.05, 4.69) is 27.2 Å².